The molecule has 0 radical (unpaired) electrons. The van der Waals surface area contributed by atoms with Crippen molar-refractivity contribution < 1.29 is 0 Å². The number of nitrogens with zero attached hydrogens (tertiary/aromatic N) is 6. The predicted molar refractivity (Wildman–Crippen MR) is 214 cm³/mol. The van der Waals surface area contributed by atoms with Crippen molar-refractivity contribution in [2.24, 2.45) is 0 Å². The molecule has 52 heavy (non-hydrogen) atoms. The van der Waals surface area contributed by atoms with Crippen molar-refractivity contribution in [3.63, 3.8) is 0 Å². The van der Waals surface area contributed by atoms with Crippen LogP contribution in [0.15, 0.2) is 158 Å². The number of hydrogen-bond acceptors (Lipinski definition) is 5. The number of fused-ring (bicyclic) bond motifs is 6. The molecule has 6 nitrogen and oxygen atoms in total. The largest absolute Gasteiger partial charge is 0.278 e. The Morgan fingerprint density at radius 1 is 0.423 bits per heavy atom. The second-order valence-corrected chi connectivity index (χ2v) is 18.0. The molecule has 3 aromatic heterocycles. The highest BCUT2D eigenvalue weighted by Crippen LogP contribution is 2.37. The molecule has 0 unspecified atom stereocenters. The smallest absolute Gasteiger partial charge is 0.238 e. The van der Waals surface area contributed by atoms with E-state index in [2.05, 4.69) is 115 Å². The zero-order valence-corrected chi connectivity index (χ0v) is 29.7. The van der Waals surface area contributed by atoms with Crippen molar-refractivity contribution in [3.05, 3.63) is 158 Å². The van der Waals surface area contributed by atoms with Crippen LogP contribution >= 0.6 is 0 Å². The molecule has 0 N–H and O–H groups in total. The molecule has 10 rings (SSSR count). The van der Waals surface area contributed by atoms with E-state index in [9.17, 15) is 0 Å². The first-order valence-electron chi connectivity index (χ1n) is 17.5. The normalized spacial score (nSPS) is 13.0. The summed E-state index contributed by atoms with van der Waals surface area (Å²) in [6.07, 6.45) is 0. The van der Waals surface area contributed by atoms with Gasteiger partial charge in [-0.05, 0) is 40.2 Å². The van der Waals surface area contributed by atoms with Crippen LogP contribution < -0.4 is 10.4 Å². The molecular weight excluding hydrogens is 653 g/mol. The summed E-state index contributed by atoms with van der Waals surface area (Å²) in [5.41, 5.74) is 9.28. The molecule has 0 aliphatic carbocycles. The van der Waals surface area contributed by atoms with Gasteiger partial charge in [0.1, 0.15) is 8.07 Å². The van der Waals surface area contributed by atoms with E-state index in [1.165, 1.54) is 15.9 Å². The summed E-state index contributed by atoms with van der Waals surface area (Å²) in [7, 11) is -2.05. The fraction of sp³-hybridized carbons (Fsp3) is 0.0444. The molecule has 4 heterocycles. The summed E-state index contributed by atoms with van der Waals surface area (Å²) in [6.45, 7) is 4.84. The lowest BCUT2D eigenvalue weighted by Gasteiger charge is -2.21. The summed E-state index contributed by atoms with van der Waals surface area (Å²) in [6, 6.07) is 54.5. The second kappa shape index (κ2) is 11.8. The van der Waals surface area contributed by atoms with Gasteiger partial charge in [0.25, 0.3) is 0 Å². The lowest BCUT2D eigenvalue weighted by molar-refractivity contribution is 0.953. The van der Waals surface area contributed by atoms with Gasteiger partial charge < -0.3 is 0 Å². The molecule has 0 atom stereocenters. The van der Waals surface area contributed by atoms with E-state index >= 15 is 0 Å². The Kier molecular flexibility index (Phi) is 6.84. The minimum Gasteiger partial charge on any atom is -0.278 e. The molecule has 1 aliphatic heterocycles. The van der Waals surface area contributed by atoms with Crippen LogP contribution in [0.4, 0.5) is 0 Å². The standard InChI is InChI=1S/C45H32N6Si/c1-52(2)38-25-15-13-23-34(38)40-41(52)39(29-16-6-3-7-17-29)46-44(47-40)32-26-27-37-35(28-32)33-22-12-14-24-36(33)51(37)45-49-42(30-18-8-4-9-19-30)48-43(50-45)31-20-10-5-11-21-31/h3-28H,1-2H3. The van der Waals surface area contributed by atoms with Crippen LogP contribution in [-0.4, -0.2) is 37.6 Å². The highest BCUT2D eigenvalue weighted by molar-refractivity contribution is 7.04. The molecule has 0 amide bonds. The molecule has 0 spiro atoms. The van der Waals surface area contributed by atoms with Crippen LogP contribution in [0.2, 0.25) is 13.1 Å². The summed E-state index contributed by atoms with van der Waals surface area (Å²) in [5.74, 6) is 2.53. The van der Waals surface area contributed by atoms with Gasteiger partial charge in [-0.25, -0.2) is 15.0 Å². The molecule has 6 aromatic carbocycles. The third kappa shape index (κ3) is 4.74. The van der Waals surface area contributed by atoms with Crippen molar-refractivity contribution in [1.82, 2.24) is 29.5 Å². The van der Waals surface area contributed by atoms with Gasteiger partial charge in [-0.3, -0.25) is 4.57 Å². The highest BCUT2D eigenvalue weighted by atomic mass is 28.3. The summed E-state index contributed by atoms with van der Waals surface area (Å²) < 4.78 is 2.15. The first kappa shape index (κ1) is 30.3. The first-order chi connectivity index (χ1) is 25.5. The van der Waals surface area contributed by atoms with Crippen LogP contribution in [0, 0.1) is 0 Å². The van der Waals surface area contributed by atoms with Crippen LogP contribution in [0.1, 0.15) is 0 Å². The highest BCUT2D eigenvalue weighted by Gasteiger charge is 2.41. The van der Waals surface area contributed by atoms with Crippen LogP contribution in [0.25, 0.3) is 84.4 Å². The Morgan fingerprint density at radius 2 is 0.962 bits per heavy atom. The fourth-order valence-electron chi connectivity index (χ4n) is 7.78. The average Bonchev–Trinajstić information content (AvgIpc) is 3.66. The van der Waals surface area contributed by atoms with Crippen LogP contribution in [0.3, 0.4) is 0 Å². The number of aromatic nitrogens is 6. The van der Waals surface area contributed by atoms with E-state index < -0.39 is 8.07 Å². The number of rotatable bonds is 5. The summed E-state index contributed by atoms with van der Waals surface area (Å²) in [5, 5.41) is 4.90. The summed E-state index contributed by atoms with van der Waals surface area (Å²) >= 11 is 0. The van der Waals surface area contributed by atoms with Crippen molar-refractivity contribution in [3.8, 4) is 62.6 Å². The summed E-state index contributed by atoms with van der Waals surface area (Å²) in [4.78, 5) is 25.9. The molecule has 0 fully saturated rings. The van der Waals surface area contributed by atoms with Crippen molar-refractivity contribution >= 4 is 40.3 Å². The maximum Gasteiger partial charge on any atom is 0.238 e. The second-order valence-electron chi connectivity index (χ2n) is 13.8. The van der Waals surface area contributed by atoms with E-state index in [-0.39, 0.29) is 0 Å². The first-order valence-corrected chi connectivity index (χ1v) is 20.5. The monoisotopic (exact) mass is 684 g/mol. The van der Waals surface area contributed by atoms with Gasteiger partial charge in [-0.2, -0.15) is 9.97 Å². The fourth-order valence-corrected chi connectivity index (χ4v) is 11.0. The van der Waals surface area contributed by atoms with E-state index in [1.54, 1.807) is 0 Å². The number of benzene rings is 6. The SMILES string of the molecule is C[Si]1(C)c2ccccc2-c2nc(-c3ccc4c(c3)c3ccccc3n4-c3nc(-c4ccccc4)nc(-c4ccccc4)n3)nc(-c3ccccc3)c21. The minimum absolute atomic E-state index is 0.565. The molecule has 9 aromatic rings. The van der Waals surface area contributed by atoms with Crippen LogP contribution in [0.5, 0.6) is 0 Å². The van der Waals surface area contributed by atoms with Gasteiger partial charge in [-0.15, -0.1) is 0 Å². The van der Waals surface area contributed by atoms with E-state index in [0.29, 0.717) is 17.6 Å². The molecule has 0 saturated heterocycles. The molecule has 1 aliphatic rings. The maximum absolute atomic E-state index is 5.39. The molecule has 0 bridgehead atoms. The van der Waals surface area contributed by atoms with Crippen molar-refractivity contribution in [2.75, 3.05) is 0 Å². The molecule has 7 heteroatoms. The number of hydrogen-bond donors (Lipinski definition) is 0. The number of para-hydroxylation sites is 1. The molecule has 246 valence electrons. The Labute approximate surface area is 302 Å². The molecular formula is C45H32N6Si. The quantitative estimate of drug-likeness (QED) is 0.169. The molecule has 0 saturated carbocycles. The zero-order chi connectivity index (χ0) is 34.8. The Balaban J connectivity index is 1.20. The Hall–Kier alpha value is -6.57. The van der Waals surface area contributed by atoms with Gasteiger partial charge in [0.2, 0.25) is 5.95 Å². The van der Waals surface area contributed by atoms with Gasteiger partial charge in [0.05, 0.1) is 22.4 Å². The predicted octanol–water partition coefficient (Wildman–Crippen LogP) is 9.23. The third-order valence-electron chi connectivity index (χ3n) is 10.3. The minimum atomic E-state index is -2.05. The lowest BCUT2D eigenvalue weighted by atomic mass is 10.1. The van der Waals surface area contributed by atoms with Crippen molar-refractivity contribution in [2.45, 2.75) is 13.1 Å². The van der Waals surface area contributed by atoms with Gasteiger partial charge in [-0.1, -0.05) is 147 Å². The third-order valence-corrected chi connectivity index (χ3v) is 13.8. The van der Waals surface area contributed by atoms with Gasteiger partial charge in [0.15, 0.2) is 17.5 Å². The van der Waals surface area contributed by atoms with Gasteiger partial charge >= 0.3 is 0 Å². The van der Waals surface area contributed by atoms with E-state index in [0.717, 1.165) is 61.3 Å². The Bertz CT molecular complexity index is 2760. The van der Waals surface area contributed by atoms with Crippen LogP contribution in [-0.2, 0) is 0 Å². The lowest BCUT2D eigenvalue weighted by Crippen LogP contribution is -2.50. The average molecular weight is 685 g/mol. The van der Waals surface area contributed by atoms with Gasteiger partial charge in [0, 0.05) is 33.0 Å². The Morgan fingerprint density at radius 3 is 1.65 bits per heavy atom. The van der Waals surface area contributed by atoms with E-state index in [4.69, 9.17) is 24.9 Å². The van der Waals surface area contributed by atoms with E-state index in [1.807, 2.05) is 60.7 Å². The van der Waals surface area contributed by atoms with Crippen molar-refractivity contribution in [1.29, 1.82) is 0 Å². The topological polar surface area (TPSA) is 69.4 Å². The zero-order valence-electron chi connectivity index (χ0n) is 28.7. The maximum atomic E-state index is 5.39.